The Bertz CT molecular complexity index is 806. The zero-order valence-corrected chi connectivity index (χ0v) is 19.0. The maximum atomic E-state index is 12.2. The van der Waals surface area contributed by atoms with Gasteiger partial charge < -0.3 is 9.47 Å². The van der Waals surface area contributed by atoms with Crippen molar-refractivity contribution in [3.05, 3.63) is 37.6 Å². The topological polar surface area (TPSA) is 73.3 Å². The lowest BCUT2D eigenvalue weighted by Gasteiger charge is -2.37. The first-order valence-electron chi connectivity index (χ1n) is 9.90. The number of ether oxygens (including phenoxy) is 2. The molecule has 5 atom stereocenters. The van der Waals surface area contributed by atoms with Gasteiger partial charge in [-0.25, -0.2) is 4.79 Å². The van der Waals surface area contributed by atoms with E-state index in [1.165, 1.54) is 17.4 Å². The summed E-state index contributed by atoms with van der Waals surface area (Å²) in [4.78, 5) is 28.0. The fraction of sp³-hybridized carbons (Fsp3) is 0.700. The molecule has 1 saturated heterocycles. The standard InChI is InChI=1S/C20H29BrN2O4S/c1-12(2)15-5-4-13(3)8-16(15)26-10-18-27-17(11-28-18)23-9-14(6-7-21)19(24)22-20(23)25/h6-7,9,12-13,15-18H,4-5,8,10-11H2,1-3H3,(H,22,24,25)/b7-6+/t13-,15+,16-,17?,18+/m0/s1. The van der Waals surface area contributed by atoms with Crippen LogP contribution in [0.3, 0.4) is 0 Å². The summed E-state index contributed by atoms with van der Waals surface area (Å²) in [6, 6.07) is 0. The van der Waals surface area contributed by atoms with Crippen LogP contribution in [0, 0.1) is 17.8 Å². The molecule has 28 heavy (non-hydrogen) atoms. The number of rotatable bonds is 6. The summed E-state index contributed by atoms with van der Waals surface area (Å²) in [6.07, 6.45) is 6.63. The molecule has 1 unspecified atom stereocenters. The van der Waals surface area contributed by atoms with Crippen LogP contribution in [-0.4, -0.2) is 33.5 Å². The molecule has 8 heteroatoms. The van der Waals surface area contributed by atoms with Gasteiger partial charge in [0.15, 0.2) is 0 Å². The van der Waals surface area contributed by atoms with Crippen molar-refractivity contribution < 1.29 is 9.47 Å². The van der Waals surface area contributed by atoms with Gasteiger partial charge in [0.25, 0.3) is 5.56 Å². The third-order valence-electron chi connectivity index (χ3n) is 5.69. The number of hydrogen-bond donors (Lipinski definition) is 1. The number of aromatic amines is 1. The Balaban J connectivity index is 1.62. The molecule has 0 bridgehead atoms. The smallest absolute Gasteiger partial charge is 0.330 e. The van der Waals surface area contributed by atoms with Crippen LogP contribution in [0.2, 0.25) is 0 Å². The lowest BCUT2D eigenvalue weighted by Crippen LogP contribution is -2.36. The second-order valence-corrected chi connectivity index (χ2v) is 9.82. The van der Waals surface area contributed by atoms with E-state index in [2.05, 4.69) is 41.7 Å². The van der Waals surface area contributed by atoms with E-state index in [9.17, 15) is 9.59 Å². The van der Waals surface area contributed by atoms with Gasteiger partial charge >= 0.3 is 5.69 Å². The number of nitrogens with one attached hydrogen (secondary N) is 1. The molecule has 156 valence electrons. The van der Waals surface area contributed by atoms with E-state index in [1.807, 2.05) is 0 Å². The first-order chi connectivity index (χ1) is 13.4. The van der Waals surface area contributed by atoms with Crippen molar-refractivity contribution in [1.82, 2.24) is 9.55 Å². The monoisotopic (exact) mass is 472 g/mol. The SMILES string of the molecule is CC(C)[C@H]1CC[C@H](C)C[C@@H]1OC[C@@H]1OC(n2cc(/C=C/Br)c(=O)[nH]c2=O)CS1. The molecule has 2 aliphatic rings. The van der Waals surface area contributed by atoms with Crippen LogP contribution in [0.1, 0.15) is 51.8 Å². The zero-order chi connectivity index (χ0) is 20.3. The number of H-pyrrole nitrogens is 1. The van der Waals surface area contributed by atoms with Crippen LogP contribution < -0.4 is 11.2 Å². The summed E-state index contributed by atoms with van der Waals surface area (Å²) in [5.41, 5.74) is -0.566. The fourth-order valence-corrected chi connectivity index (χ4v) is 5.37. The first kappa shape index (κ1) is 21.9. The Hall–Kier alpha value is -0.830. The Morgan fingerprint density at radius 2 is 2.21 bits per heavy atom. The van der Waals surface area contributed by atoms with Gasteiger partial charge in [0.05, 0.1) is 18.3 Å². The molecule has 1 saturated carbocycles. The summed E-state index contributed by atoms with van der Waals surface area (Å²) >= 11 is 4.81. The Morgan fingerprint density at radius 3 is 2.93 bits per heavy atom. The summed E-state index contributed by atoms with van der Waals surface area (Å²) in [5.74, 6) is 2.55. The predicted octanol–water partition coefficient (Wildman–Crippen LogP) is 3.97. The molecule has 3 rings (SSSR count). The average Bonchev–Trinajstić information content (AvgIpc) is 3.11. The second-order valence-electron chi connectivity index (χ2n) is 8.10. The third kappa shape index (κ3) is 5.20. The van der Waals surface area contributed by atoms with Crippen LogP contribution in [0.4, 0.5) is 0 Å². The van der Waals surface area contributed by atoms with Crippen LogP contribution in [0.5, 0.6) is 0 Å². The van der Waals surface area contributed by atoms with Crippen LogP contribution in [0.25, 0.3) is 6.08 Å². The van der Waals surface area contributed by atoms with Gasteiger partial charge in [-0.15, -0.1) is 11.8 Å². The molecule has 6 nitrogen and oxygen atoms in total. The molecule has 1 aromatic heterocycles. The number of halogens is 1. The van der Waals surface area contributed by atoms with E-state index in [0.717, 1.165) is 6.42 Å². The highest BCUT2D eigenvalue weighted by molar-refractivity contribution is 9.11. The van der Waals surface area contributed by atoms with E-state index in [0.29, 0.717) is 35.7 Å². The van der Waals surface area contributed by atoms with Crippen molar-refractivity contribution in [1.29, 1.82) is 0 Å². The second kappa shape index (κ2) is 9.78. The van der Waals surface area contributed by atoms with Crippen molar-refractivity contribution >= 4 is 33.8 Å². The van der Waals surface area contributed by atoms with Gasteiger partial charge in [-0.05, 0) is 41.7 Å². The molecule has 0 aromatic carbocycles. The molecular formula is C20H29BrN2O4S. The van der Waals surface area contributed by atoms with Crippen molar-refractivity contribution in [3.8, 4) is 0 Å². The molecule has 1 aromatic rings. The maximum absolute atomic E-state index is 12.2. The molecule has 1 aliphatic heterocycles. The summed E-state index contributed by atoms with van der Waals surface area (Å²) in [5, 5.41) is 0. The molecule has 0 spiro atoms. The Kier molecular flexibility index (Phi) is 7.64. The predicted molar refractivity (Wildman–Crippen MR) is 117 cm³/mol. The van der Waals surface area contributed by atoms with E-state index in [1.54, 1.807) is 29.0 Å². The van der Waals surface area contributed by atoms with E-state index in [-0.39, 0.29) is 11.5 Å². The highest BCUT2D eigenvalue weighted by Gasteiger charge is 2.34. The normalized spacial score (nSPS) is 31.1. The lowest BCUT2D eigenvalue weighted by molar-refractivity contribution is -0.0811. The molecular weight excluding hydrogens is 444 g/mol. The molecule has 2 fully saturated rings. The van der Waals surface area contributed by atoms with Crippen molar-refractivity contribution in [2.45, 2.75) is 57.8 Å². The summed E-state index contributed by atoms with van der Waals surface area (Å²) < 4.78 is 13.8. The van der Waals surface area contributed by atoms with Gasteiger partial charge in [0.1, 0.15) is 11.7 Å². The van der Waals surface area contributed by atoms with Gasteiger partial charge in [-0.1, -0.05) is 43.1 Å². The van der Waals surface area contributed by atoms with Gasteiger partial charge in [0, 0.05) is 11.9 Å². The van der Waals surface area contributed by atoms with Gasteiger partial charge in [0.2, 0.25) is 0 Å². The first-order valence-corrected chi connectivity index (χ1v) is 11.9. The molecule has 0 amide bonds. The zero-order valence-electron chi connectivity index (χ0n) is 16.6. The van der Waals surface area contributed by atoms with E-state index < -0.39 is 17.5 Å². The van der Waals surface area contributed by atoms with Crippen molar-refractivity contribution in [2.75, 3.05) is 12.4 Å². The van der Waals surface area contributed by atoms with Crippen LogP contribution in [-0.2, 0) is 9.47 Å². The van der Waals surface area contributed by atoms with E-state index >= 15 is 0 Å². The summed E-state index contributed by atoms with van der Waals surface area (Å²) in [6.45, 7) is 7.37. The fourth-order valence-electron chi connectivity index (χ4n) is 4.09. The number of nitrogens with zero attached hydrogens (tertiary/aromatic N) is 1. The largest absolute Gasteiger partial charge is 0.374 e. The molecule has 1 aliphatic carbocycles. The Labute approximate surface area is 178 Å². The van der Waals surface area contributed by atoms with E-state index in [4.69, 9.17) is 9.47 Å². The van der Waals surface area contributed by atoms with Crippen LogP contribution in [0.15, 0.2) is 20.8 Å². The minimum absolute atomic E-state index is 0.107. The number of aromatic nitrogens is 2. The number of thioether (sulfide) groups is 1. The summed E-state index contributed by atoms with van der Waals surface area (Å²) in [7, 11) is 0. The molecule has 2 heterocycles. The minimum Gasteiger partial charge on any atom is -0.374 e. The van der Waals surface area contributed by atoms with Crippen LogP contribution >= 0.6 is 27.7 Å². The van der Waals surface area contributed by atoms with Gasteiger partial charge in [-0.3, -0.25) is 14.3 Å². The van der Waals surface area contributed by atoms with Gasteiger partial charge in [-0.2, -0.15) is 0 Å². The van der Waals surface area contributed by atoms with Crippen molar-refractivity contribution in [2.24, 2.45) is 17.8 Å². The van der Waals surface area contributed by atoms with Crippen molar-refractivity contribution in [3.63, 3.8) is 0 Å². The average molecular weight is 473 g/mol. The number of hydrogen-bond acceptors (Lipinski definition) is 5. The molecule has 0 radical (unpaired) electrons. The minimum atomic E-state index is -0.454. The maximum Gasteiger partial charge on any atom is 0.330 e. The highest BCUT2D eigenvalue weighted by Crippen LogP contribution is 2.37. The molecule has 1 N–H and O–H groups in total. The third-order valence-corrected chi connectivity index (χ3v) is 7.05. The Morgan fingerprint density at radius 1 is 1.43 bits per heavy atom. The quantitative estimate of drug-likeness (QED) is 0.677. The lowest BCUT2D eigenvalue weighted by atomic mass is 9.75. The highest BCUT2D eigenvalue weighted by atomic mass is 79.9.